The van der Waals surface area contributed by atoms with Crippen molar-refractivity contribution in [2.75, 3.05) is 0 Å². The lowest BCUT2D eigenvalue weighted by molar-refractivity contribution is 0.939. The minimum absolute atomic E-state index is 0. The summed E-state index contributed by atoms with van der Waals surface area (Å²) in [5.41, 5.74) is 1.11. The topological polar surface area (TPSA) is 54.0 Å². The Morgan fingerprint density at radius 2 is 2.33 bits per heavy atom. The molecule has 60 valence electrons. The van der Waals surface area contributed by atoms with Crippen molar-refractivity contribution < 1.29 is 0 Å². The van der Waals surface area contributed by atoms with Gasteiger partial charge in [-0.25, -0.2) is 9.50 Å². The number of nitriles is 1. The highest BCUT2D eigenvalue weighted by molar-refractivity contribution is 5.85. The standard InChI is InChI=1S/C7H4N4.ClH/c8-4-6-5-10-11-3-1-2-9-7(6)11;/h1-3,5H;1H. The molecule has 0 aliphatic carbocycles. The van der Waals surface area contributed by atoms with Gasteiger partial charge in [0.15, 0.2) is 5.65 Å². The summed E-state index contributed by atoms with van der Waals surface area (Å²) in [4.78, 5) is 3.99. The van der Waals surface area contributed by atoms with Gasteiger partial charge in [-0.05, 0) is 6.07 Å². The summed E-state index contributed by atoms with van der Waals surface area (Å²) in [5, 5.41) is 12.5. The Hall–Kier alpha value is -1.60. The molecule has 2 rings (SSSR count). The third-order valence-corrected chi connectivity index (χ3v) is 1.40. The molecule has 0 aliphatic heterocycles. The molecule has 0 saturated carbocycles. The fourth-order valence-corrected chi connectivity index (χ4v) is 0.906. The van der Waals surface area contributed by atoms with Gasteiger partial charge in [-0.15, -0.1) is 12.4 Å². The zero-order valence-corrected chi connectivity index (χ0v) is 6.82. The summed E-state index contributed by atoms with van der Waals surface area (Å²) >= 11 is 0. The Kier molecular flexibility index (Phi) is 2.26. The zero-order chi connectivity index (χ0) is 7.68. The average Bonchev–Trinajstić information content (AvgIpc) is 2.47. The quantitative estimate of drug-likeness (QED) is 0.608. The summed E-state index contributed by atoms with van der Waals surface area (Å²) < 4.78 is 1.57. The van der Waals surface area contributed by atoms with Crippen LogP contribution in [-0.4, -0.2) is 14.6 Å². The summed E-state index contributed by atoms with van der Waals surface area (Å²) in [5.74, 6) is 0. The molecule has 2 heterocycles. The second kappa shape index (κ2) is 3.20. The number of fused-ring (bicyclic) bond motifs is 1. The number of hydrogen-bond acceptors (Lipinski definition) is 3. The normalized spacial score (nSPS) is 8.92. The molecule has 2 aromatic heterocycles. The van der Waals surface area contributed by atoms with Crippen molar-refractivity contribution in [2.45, 2.75) is 0 Å². The largest absolute Gasteiger partial charge is 0.236 e. The Morgan fingerprint density at radius 1 is 1.50 bits per heavy atom. The predicted molar refractivity (Wildman–Crippen MR) is 45.0 cm³/mol. The second-order valence-corrected chi connectivity index (χ2v) is 2.06. The zero-order valence-electron chi connectivity index (χ0n) is 6.01. The van der Waals surface area contributed by atoms with Gasteiger partial charge >= 0.3 is 0 Å². The van der Waals surface area contributed by atoms with E-state index in [2.05, 4.69) is 10.1 Å². The van der Waals surface area contributed by atoms with E-state index in [0.29, 0.717) is 11.2 Å². The lowest BCUT2D eigenvalue weighted by Gasteiger charge is -1.87. The molecule has 4 nitrogen and oxygen atoms in total. The number of rotatable bonds is 0. The molecule has 0 saturated heterocycles. The van der Waals surface area contributed by atoms with Gasteiger partial charge in [-0.1, -0.05) is 0 Å². The monoisotopic (exact) mass is 180 g/mol. The SMILES string of the molecule is Cl.N#Cc1cnn2cccnc12. The Labute approximate surface area is 74.9 Å². The van der Waals surface area contributed by atoms with E-state index in [1.807, 2.05) is 6.07 Å². The molecule has 0 atom stereocenters. The van der Waals surface area contributed by atoms with E-state index in [9.17, 15) is 0 Å². The maximum Gasteiger partial charge on any atom is 0.172 e. The Morgan fingerprint density at radius 3 is 3.08 bits per heavy atom. The molecule has 12 heavy (non-hydrogen) atoms. The first-order chi connectivity index (χ1) is 5.42. The molecule has 0 radical (unpaired) electrons. The molecule has 5 heteroatoms. The van der Waals surface area contributed by atoms with Crippen molar-refractivity contribution in [3.05, 3.63) is 30.2 Å². The maximum absolute atomic E-state index is 8.58. The van der Waals surface area contributed by atoms with Crippen LogP contribution in [0.4, 0.5) is 0 Å². The van der Waals surface area contributed by atoms with E-state index < -0.39 is 0 Å². The number of aromatic nitrogens is 3. The van der Waals surface area contributed by atoms with Crippen molar-refractivity contribution in [2.24, 2.45) is 0 Å². The van der Waals surface area contributed by atoms with Gasteiger partial charge in [-0.2, -0.15) is 10.4 Å². The van der Waals surface area contributed by atoms with Gasteiger partial charge in [0.1, 0.15) is 11.6 Å². The molecule has 0 spiro atoms. The average molecular weight is 181 g/mol. The highest BCUT2D eigenvalue weighted by Gasteiger charge is 2.00. The Balaban J connectivity index is 0.000000720. The van der Waals surface area contributed by atoms with Crippen LogP contribution in [0.25, 0.3) is 5.65 Å². The highest BCUT2D eigenvalue weighted by Crippen LogP contribution is 2.03. The van der Waals surface area contributed by atoms with Gasteiger partial charge in [0.2, 0.25) is 0 Å². The van der Waals surface area contributed by atoms with Crippen molar-refractivity contribution in [1.82, 2.24) is 14.6 Å². The molecular weight excluding hydrogens is 176 g/mol. The third kappa shape index (κ3) is 1.11. The van der Waals surface area contributed by atoms with Crippen LogP contribution < -0.4 is 0 Å². The molecular formula is C7H5ClN4. The number of hydrogen-bond donors (Lipinski definition) is 0. The van der Waals surface area contributed by atoms with Gasteiger partial charge in [0.05, 0.1) is 6.20 Å². The summed E-state index contributed by atoms with van der Waals surface area (Å²) in [6.07, 6.45) is 4.89. The van der Waals surface area contributed by atoms with Crippen LogP contribution in [0, 0.1) is 11.3 Å². The second-order valence-electron chi connectivity index (χ2n) is 2.06. The first-order valence-corrected chi connectivity index (χ1v) is 3.10. The Bertz CT molecular complexity index is 428. The van der Waals surface area contributed by atoms with Crippen LogP contribution in [0.1, 0.15) is 5.56 Å². The maximum atomic E-state index is 8.58. The lowest BCUT2D eigenvalue weighted by atomic mass is 10.4. The molecule has 0 amide bonds. The van der Waals surface area contributed by atoms with Gasteiger partial charge < -0.3 is 0 Å². The van der Waals surface area contributed by atoms with Crippen molar-refractivity contribution in [3.63, 3.8) is 0 Å². The molecule has 0 N–H and O–H groups in total. The first kappa shape index (κ1) is 8.50. The van der Waals surface area contributed by atoms with Crippen molar-refractivity contribution in [3.8, 4) is 6.07 Å². The fourth-order valence-electron chi connectivity index (χ4n) is 0.906. The van der Waals surface area contributed by atoms with Crippen LogP contribution in [0.15, 0.2) is 24.7 Å². The first-order valence-electron chi connectivity index (χ1n) is 3.10. The van der Waals surface area contributed by atoms with E-state index in [4.69, 9.17) is 5.26 Å². The smallest absolute Gasteiger partial charge is 0.172 e. The lowest BCUT2D eigenvalue weighted by Crippen LogP contribution is -1.87. The minimum Gasteiger partial charge on any atom is -0.236 e. The van der Waals surface area contributed by atoms with Crippen molar-refractivity contribution in [1.29, 1.82) is 5.26 Å². The molecule has 2 aromatic rings. The van der Waals surface area contributed by atoms with E-state index in [1.54, 1.807) is 23.0 Å². The van der Waals surface area contributed by atoms with Gasteiger partial charge in [0.25, 0.3) is 0 Å². The van der Waals surface area contributed by atoms with Gasteiger partial charge in [-0.3, -0.25) is 0 Å². The van der Waals surface area contributed by atoms with Crippen LogP contribution in [0.5, 0.6) is 0 Å². The van der Waals surface area contributed by atoms with Crippen LogP contribution >= 0.6 is 12.4 Å². The number of nitrogens with zero attached hydrogens (tertiary/aromatic N) is 4. The van der Waals surface area contributed by atoms with Gasteiger partial charge in [0, 0.05) is 12.4 Å². The van der Waals surface area contributed by atoms with E-state index in [-0.39, 0.29) is 12.4 Å². The van der Waals surface area contributed by atoms with E-state index >= 15 is 0 Å². The number of halogens is 1. The predicted octanol–water partition coefficient (Wildman–Crippen LogP) is 1.02. The molecule has 0 aliphatic rings. The summed E-state index contributed by atoms with van der Waals surface area (Å²) in [6.45, 7) is 0. The van der Waals surface area contributed by atoms with E-state index in [1.165, 1.54) is 6.20 Å². The third-order valence-electron chi connectivity index (χ3n) is 1.40. The summed E-state index contributed by atoms with van der Waals surface area (Å²) in [7, 11) is 0. The van der Waals surface area contributed by atoms with E-state index in [0.717, 1.165) is 0 Å². The highest BCUT2D eigenvalue weighted by atomic mass is 35.5. The van der Waals surface area contributed by atoms with Crippen LogP contribution in [0.3, 0.4) is 0 Å². The van der Waals surface area contributed by atoms with Crippen LogP contribution in [0.2, 0.25) is 0 Å². The molecule has 0 bridgehead atoms. The summed E-state index contributed by atoms with van der Waals surface area (Å²) in [6, 6.07) is 3.77. The van der Waals surface area contributed by atoms with Crippen molar-refractivity contribution >= 4 is 18.1 Å². The molecule has 0 unspecified atom stereocenters. The van der Waals surface area contributed by atoms with Crippen LogP contribution in [-0.2, 0) is 0 Å². The molecule has 0 fully saturated rings. The molecule has 0 aromatic carbocycles. The fraction of sp³-hybridized carbons (Fsp3) is 0. The minimum atomic E-state index is 0.